The van der Waals surface area contributed by atoms with Gasteiger partial charge in [0, 0.05) is 0 Å². The zero-order valence-electron chi connectivity index (χ0n) is 10.3. The summed E-state index contributed by atoms with van der Waals surface area (Å²) in [5, 5.41) is 9.05. The number of carbonyl (C=O) groups is 1. The predicted molar refractivity (Wildman–Crippen MR) is 65.8 cm³/mol. The lowest BCUT2D eigenvalue weighted by Gasteiger charge is -2.21. The number of fused-ring (bicyclic) bond motifs is 1. The Bertz CT molecular complexity index is 490. The number of nitrogens with zero attached hydrogens (tertiary/aromatic N) is 1. The lowest BCUT2D eigenvalue weighted by Crippen LogP contribution is -2.20. The van der Waals surface area contributed by atoms with Crippen LogP contribution in [0.4, 0.5) is 0 Å². The second kappa shape index (κ2) is 5.54. The molecule has 1 atom stereocenters. The Morgan fingerprint density at radius 2 is 2.22 bits per heavy atom. The SMILES string of the molecule is CCCC(C#N)C(=O)c1cccc2c1OCCO2. The minimum Gasteiger partial charge on any atom is -0.486 e. The van der Waals surface area contributed by atoms with E-state index in [1.165, 1.54) is 0 Å². The third-order valence-corrected chi connectivity index (χ3v) is 2.88. The molecule has 4 heteroatoms. The fourth-order valence-electron chi connectivity index (χ4n) is 2.00. The normalized spacial score (nSPS) is 14.7. The fraction of sp³-hybridized carbons (Fsp3) is 0.429. The number of carbonyl (C=O) groups excluding carboxylic acids is 1. The van der Waals surface area contributed by atoms with Gasteiger partial charge in [0.2, 0.25) is 0 Å². The van der Waals surface area contributed by atoms with Crippen LogP contribution < -0.4 is 9.47 Å². The van der Waals surface area contributed by atoms with Gasteiger partial charge in [-0.2, -0.15) is 5.26 Å². The lowest BCUT2D eigenvalue weighted by atomic mass is 9.94. The number of benzene rings is 1. The Morgan fingerprint density at radius 3 is 2.94 bits per heavy atom. The fourth-order valence-corrected chi connectivity index (χ4v) is 2.00. The van der Waals surface area contributed by atoms with Crippen LogP contribution in [0, 0.1) is 17.2 Å². The van der Waals surface area contributed by atoms with E-state index in [0.717, 1.165) is 6.42 Å². The van der Waals surface area contributed by atoms with Crippen LogP contribution in [0.5, 0.6) is 11.5 Å². The van der Waals surface area contributed by atoms with Crippen molar-refractivity contribution in [1.29, 1.82) is 5.26 Å². The zero-order chi connectivity index (χ0) is 13.0. The smallest absolute Gasteiger partial charge is 0.183 e. The van der Waals surface area contributed by atoms with E-state index in [1.54, 1.807) is 18.2 Å². The van der Waals surface area contributed by atoms with Crippen molar-refractivity contribution >= 4 is 5.78 Å². The Kier molecular flexibility index (Phi) is 3.83. The Morgan fingerprint density at radius 1 is 1.44 bits per heavy atom. The summed E-state index contributed by atoms with van der Waals surface area (Å²) in [5.74, 6) is 0.277. The summed E-state index contributed by atoms with van der Waals surface area (Å²) in [7, 11) is 0. The van der Waals surface area contributed by atoms with E-state index >= 15 is 0 Å². The van der Waals surface area contributed by atoms with Crippen molar-refractivity contribution < 1.29 is 14.3 Å². The molecule has 0 aromatic heterocycles. The van der Waals surface area contributed by atoms with E-state index in [-0.39, 0.29) is 5.78 Å². The molecular weight excluding hydrogens is 230 g/mol. The first kappa shape index (κ1) is 12.4. The number of ether oxygens (including phenoxy) is 2. The molecule has 0 fully saturated rings. The summed E-state index contributed by atoms with van der Waals surface area (Å²) in [6.07, 6.45) is 1.37. The number of nitriles is 1. The van der Waals surface area contributed by atoms with Crippen molar-refractivity contribution in [2.45, 2.75) is 19.8 Å². The van der Waals surface area contributed by atoms with Crippen LogP contribution in [-0.4, -0.2) is 19.0 Å². The van der Waals surface area contributed by atoms with Crippen molar-refractivity contribution in [3.05, 3.63) is 23.8 Å². The third-order valence-electron chi connectivity index (χ3n) is 2.88. The summed E-state index contributed by atoms with van der Waals surface area (Å²) in [6.45, 7) is 2.88. The van der Waals surface area contributed by atoms with Gasteiger partial charge >= 0.3 is 0 Å². The topological polar surface area (TPSA) is 59.3 Å². The summed E-state index contributed by atoms with van der Waals surface area (Å²) >= 11 is 0. The van der Waals surface area contributed by atoms with Crippen LogP contribution >= 0.6 is 0 Å². The Hall–Kier alpha value is -2.02. The molecule has 18 heavy (non-hydrogen) atoms. The minimum atomic E-state index is -0.605. The van der Waals surface area contributed by atoms with E-state index in [1.807, 2.05) is 6.92 Å². The van der Waals surface area contributed by atoms with E-state index in [0.29, 0.717) is 36.7 Å². The quantitative estimate of drug-likeness (QED) is 0.765. The second-order valence-corrected chi connectivity index (χ2v) is 4.16. The molecule has 0 N–H and O–H groups in total. The number of hydrogen-bond acceptors (Lipinski definition) is 4. The molecule has 0 spiro atoms. The largest absolute Gasteiger partial charge is 0.486 e. The molecule has 0 aliphatic carbocycles. The maximum atomic E-state index is 12.3. The standard InChI is InChI=1S/C14H15NO3/c1-2-4-10(9-15)13(16)11-5-3-6-12-14(11)18-8-7-17-12/h3,5-6,10H,2,4,7-8H2,1H3. The van der Waals surface area contributed by atoms with Crippen LogP contribution in [0.15, 0.2) is 18.2 Å². The monoisotopic (exact) mass is 245 g/mol. The third kappa shape index (κ3) is 2.30. The van der Waals surface area contributed by atoms with Crippen molar-refractivity contribution in [1.82, 2.24) is 0 Å². The van der Waals surface area contributed by atoms with Gasteiger partial charge in [0.25, 0.3) is 0 Å². The molecule has 1 unspecified atom stereocenters. The number of hydrogen-bond donors (Lipinski definition) is 0. The molecule has 1 aliphatic heterocycles. The molecule has 0 amide bonds. The highest BCUT2D eigenvalue weighted by Crippen LogP contribution is 2.35. The minimum absolute atomic E-state index is 0.179. The molecule has 1 aromatic rings. The van der Waals surface area contributed by atoms with E-state index in [4.69, 9.17) is 14.7 Å². The van der Waals surface area contributed by atoms with Gasteiger partial charge in [0.05, 0.1) is 11.6 Å². The molecule has 0 saturated carbocycles. The Labute approximate surface area is 106 Å². The number of rotatable bonds is 4. The molecule has 1 aliphatic rings. The van der Waals surface area contributed by atoms with E-state index in [9.17, 15) is 4.79 Å². The van der Waals surface area contributed by atoms with Crippen molar-refractivity contribution in [2.24, 2.45) is 5.92 Å². The first-order valence-electron chi connectivity index (χ1n) is 6.10. The molecule has 0 bridgehead atoms. The number of ketones is 1. The first-order chi connectivity index (χ1) is 8.77. The van der Waals surface area contributed by atoms with Gasteiger partial charge in [-0.25, -0.2) is 0 Å². The molecule has 94 valence electrons. The molecule has 1 aromatic carbocycles. The van der Waals surface area contributed by atoms with Gasteiger partial charge in [-0.05, 0) is 18.6 Å². The van der Waals surface area contributed by atoms with Gasteiger partial charge in [0.15, 0.2) is 17.3 Å². The van der Waals surface area contributed by atoms with Crippen molar-refractivity contribution in [3.8, 4) is 17.6 Å². The van der Waals surface area contributed by atoms with Gasteiger partial charge in [-0.1, -0.05) is 19.4 Å². The Balaban J connectivity index is 2.33. The van der Waals surface area contributed by atoms with Crippen LogP contribution in [-0.2, 0) is 0 Å². The van der Waals surface area contributed by atoms with E-state index in [2.05, 4.69) is 6.07 Å². The van der Waals surface area contributed by atoms with Crippen LogP contribution in [0.2, 0.25) is 0 Å². The first-order valence-corrected chi connectivity index (χ1v) is 6.10. The second-order valence-electron chi connectivity index (χ2n) is 4.16. The average molecular weight is 245 g/mol. The van der Waals surface area contributed by atoms with Gasteiger partial charge in [0.1, 0.15) is 19.1 Å². The summed E-state index contributed by atoms with van der Waals surface area (Å²) in [6, 6.07) is 7.27. The highest BCUT2D eigenvalue weighted by atomic mass is 16.6. The molecule has 1 heterocycles. The molecule has 2 rings (SSSR count). The summed E-state index contributed by atoms with van der Waals surface area (Å²) in [5.41, 5.74) is 0.451. The molecular formula is C14H15NO3. The van der Waals surface area contributed by atoms with Crippen molar-refractivity contribution in [2.75, 3.05) is 13.2 Å². The van der Waals surface area contributed by atoms with Crippen LogP contribution in [0.1, 0.15) is 30.1 Å². The van der Waals surface area contributed by atoms with Gasteiger partial charge in [-0.3, -0.25) is 4.79 Å². The molecule has 0 radical (unpaired) electrons. The highest BCUT2D eigenvalue weighted by Gasteiger charge is 2.25. The van der Waals surface area contributed by atoms with Gasteiger partial charge < -0.3 is 9.47 Å². The number of para-hydroxylation sites is 1. The number of Topliss-reactive ketones (excluding diaryl/α,β-unsaturated/α-hetero) is 1. The molecule has 0 saturated heterocycles. The van der Waals surface area contributed by atoms with E-state index < -0.39 is 5.92 Å². The average Bonchev–Trinajstić information content (AvgIpc) is 2.43. The maximum absolute atomic E-state index is 12.3. The summed E-state index contributed by atoms with van der Waals surface area (Å²) < 4.78 is 10.9. The maximum Gasteiger partial charge on any atom is 0.183 e. The predicted octanol–water partition coefficient (Wildman–Crippen LogP) is 2.58. The van der Waals surface area contributed by atoms with Crippen LogP contribution in [0.25, 0.3) is 0 Å². The van der Waals surface area contributed by atoms with Crippen molar-refractivity contribution in [3.63, 3.8) is 0 Å². The molecule has 4 nitrogen and oxygen atoms in total. The lowest BCUT2D eigenvalue weighted by molar-refractivity contribution is 0.0932. The van der Waals surface area contributed by atoms with Gasteiger partial charge in [-0.15, -0.1) is 0 Å². The summed E-state index contributed by atoms with van der Waals surface area (Å²) in [4.78, 5) is 12.3. The highest BCUT2D eigenvalue weighted by molar-refractivity contribution is 6.02. The van der Waals surface area contributed by atoms with Crippen LogP contribution in [0.3, 0.4) is 0 Å². The zero-order valence-corrected chi connectivity index (χ0v) is 10.3.